The van der Waals surface area contributed by atoms with Crippen LogP contribution >= 0.6 is 11.3 Å². The van der Waals surface area contributed by atoms with Crippen LogP contribution in [0.1, 0.15) is 42.7 Å². The number of hydrogen-bond acceptors (Lipinski definition) is 2. The quantitative estimate of drug-likeness (QED) is 0.770. The van der Waals surface area contributed by atoms with Crippen LogP contribution in [-0.4, -0.2) is 6.04 Å². The lowest BCUT2D eigenvalue weighted by Crippen LogP contribution is -2.32. The Hall–Kier alpha value is -0.780. The zero-order valence-corrected chi connectivity index (χ0v) is 9.94. The van der Waals surface area contributed by atoms with Crippen LogP contribution in [0.4, 0.5) is 0 Å². The zero-order valence-electron chi connectivity index (χ0n) is 9.12. The van der Waals surface area contributed by atoms with Gasteiger partial charge in [-0.2, -0.15) is 0 Å². The summed E-state index contributed by atoms with van der Waals surface area (Å²) in [6, 6.07) is 2.96. The number of aryl methyl sites for hydroxylation is 1. The van der Waals surface area contributed by atoms with Gasteiger partial charge in [0.15, 0.2) is 0 Å². The van der Waals surface area contributed by atoms with Crippen molar-refractivity contribution in [1.82, 2.24) is 5.32 Å². The molecular weight excluding hydrogens is 202 g/mol. The van der Waals surface area contributed by atoms with E-state index in [1.54, 1.807) is 4.88 Å². The van der Waals surface area contributed by atoms with E-state index in [2.05, 4.69) is 29.6 Å². The molecule has 0 aromatic carbocycles. The predicted octanol–water partition coefficient (Wildman–Crippen LogP) is 3.13. The maximum absolute atomic E-state index is 5.49. The molecule has 1 aliphatic rings. The molecule has 1 heterocycles. The van der Waals surface area contributed by atoms with Gasteiger partial charge in [0.05, 0.1) is 6.04 Å². The summed E-state index contributed by atoms with van der Waals surface area (Å²) in [6.45, 7) is 2.13. The lowest BCUT2D eigenvalue weighted by molar-refractivity contribution is 0.431. The van der Waals surface area contributed by atoms with Crippen molar-refractivity contribution in [3.63, 3.8) is 0 Å². The summed E-state index contributed by atoms with van der Waals surface area (Å²) < 4.78 is 0. The molecular formula is C13H17NS. The van der Waals surface area contributed by atoms with Crippen molar-refractivity contribution >= 4 is 11.3 Å². The Morgan fingerprint density at radius 1 is 1.73 bits per heavy atom. The van der Waals surface area contributed by atoms with E-state index in [0.29, 0.717) is 6.04 Å². The smallest absolute Gasteiger partial charge is 0.0689 e. The molecule has 0 bridgehead atoms. The van der Waals surface area contributed by atoms with E-state index in [9.17, 15) is 0 Å². The first-order valence-electron chi connectivity index (χ1n) is 5.63. The molecule has 0 aliphatic heterocycles. The first-order valence-corrected chi connectivity index (χ1v) is 6.51. The number of rotatable bonds is 3. The maximum Gasteiger partial charge on any atom is 0.0689 e. The molecule has 0 radical (unpaired) electrons. The summed E-state index contributed by atoms with van der Waals surface area (Å²) in [7, 11) is 0. The van der Waals surface area contributed by atoms with E-state index in [0.717, 1.165) is 6.42 Å². The fraction of sp³-hybridized carbons (Fsp3) is 0.538. The van der Waals surface area contributed by atoms with E-state index < -0.39 is 0 Å². The molecule has 0 amide bonds. The molecule has 1 aliphatic carbocycles. The zero-order chi connectivity index (χ0) is 10.7. The third-order valence-corrected chi connectivity index (χ3v) is 4.06. The van der Waals surface area contributed by atoms with Gasteiger partial charge in [-0.3, -0.25) is 5.32 Å². The standard InChI is InChI=1S/C13H17NS/c1-3-10(4-2)14-12-6-5-7-13-11(12)8-9-15-13/h1,8-10,12,14H,4-7H2,2H3. The van der Waals surface area contributed by atoms with Crippen LogP contribution in [0, 0.1) is 12.3 Å². The molecule has 15 heavy (non-hydrogen) atoms. The fourth-order valence-electron chi connectivity index (χ4n) is 2.19. The summed E-state index contributed by atoms with van der Waals surface area (Å²) in [5.74, 6) is 2.81. The van der Waals surface area contributed by atoms with E-state index in [4.69, 9.17) is 6.42 Å². The largest absolute Gasteiger partial charge is 0.297 e. The van der Waals surface area contributed by atoms with Crippen molar-refractivity contribution in [1.29, 1.82) is 0 Å². The van der Waals surface area contributed by atoms with Gasteiger partial charge < -0.3 is 0 Å². The van der Waals surface area contributed by atoms with Crippen LogP contribution in [-0.2, 0) is 6.42 Å². The van der Waals surface area contributed by atoms with Gasteiger partial charge in [0, 0.05) is 10.9 Å². The Balaban J connectivity index is 2.10. The number of nitrogens with one attached hydrogen (secondary N) is 1. The number of terminal acetylenes is 1. The van der Waals surface area contributed by atoms with Crippen LogP contribution in [0.25, 0.3) is 0 Å². The second-order valence-electron chi connectivity index (χ2n) is 4.04. The van der Waals surface area contributed by atoms with Gasteiger partial charge in [-0.15, -0.1) is 17.8 Å². The third-order valence-electron chi connectivity index (χ3n) is 3.06. The van der Waals surface area contributed by atoms with Gasteiger partial charge in [0.2, 0.25) is 0 Å². The maximum atomic E-state index is 5.49. The monoisotopic (exact) mass is 219 g/mol. The van der Waals surface area contributed by atoms with E-state index in [1.807, 2.05) is 11.3 Å². The Morgan fingerprint density at radius 2 is 2.60 bits per heavy atom. The molecule has 2 rings (SSSR count). The van der Waals surface area contributed by atoms with E-state index in [1.165, 1.54) is 24.8 Å². The number of fused-ring (bicyclic) bond motifs is 1. The van der Waals surface area contributed by atoms with Crippen LogP contribution in [0.3, 0.4) is 0 Å². The van der Waals surface area contributed by atoms with Crippen LogP contribution in [0.5, 0.6) is 0 Å². The second kappa shape index (κ2) is 4.83. The molecule has 2 atom stereocenters. The summed E-state index contributed by atoms with van der Waals surface area (Å²) in [5.41, 5.74) is 1.49. The fourth-order valence-corrected chi connectivity index (χ4v) is 3.17. The van der Waals surface area contributed by atoms with Crippen molar-refractivity contribution in [2.45, 2.75) is 44.7 Å². The van der Waals surface area contributed by atoms with Gasteiger partial charge >= 0.3 is 0 Å². The highest BCUT2D eigenvalue weighted by molar-refractivity contribution is 7.10. The molecule has 80 valence electrons. The van der Waals surface area contributed by atoms with Crippen molar-refractivity contribution in [3.8, 4) is 12.3 Å². The summed E-state index contributed by atoms with van der Waals surface area (Å²) >= 11 is 1.88. The normalized spacial score (nSPS) is 21.7. The number of thiophene rings is 1. The first-order chi connectivity index (χ1) is 7.35. The minimum Gasteiger partial charge on any atom is -0.297 e. The molecule has 0 saturated heterocycles. The highest BCUT2D eigenvalue weighted by Gasteiger charge is 2.22. The highest BCUT2D eigenvalue weighted by Crippen LogP contribution is 2.33. The van der Waals surface area contributed by atoms with Crippen LogP contribution in [0.2, 0.25) is 0 Å². The molecule has 0 fully saturated rings. The molecule has 2 unspecified atom stereocenters. The lowest BCUT2D eigenvalue weighted by atomic mass is 9.93. The summed E-state index contributed by atoms with van der Waals surface area (Å²) in [6.07, 6.45) is 10.2. The molecule has 0 saturated carbocycles. The Morgan fingerprint density at radius 3 is 3.33 bits per heavy atom. The first kappa shape index (κ1) is 10.7. The SMILES string of the molecule is C#CC(CC)NC1CCCc2sccc21. The second-order valence-corrected chi connectivity index (χ2v) is 5.04. The summed E-state index contributed by atoms with van der Waals surface area (Å²) in [5, 5.41) is 5.76. The van der Waals surface area contributed by atoms with Gasteiger partial charge in [0.1, 0.15) is 0 Å². The van der Waals surface area contributed by atoms with Crippen molar-refractivity contribution in [2.75, 3.05) is 0 Å². The van der Waals surface area contributed by atoms with E-state index >= 15 is 0 Å². The van der Waals surface area contributed by atoms with Gasteiger partial charge in [-0.05, 0) is 42.7 Å². The molecule has 1 N–H and O–H groups in total. The Kier molecular flexibility index (Phi) is 3.45. The predicted molar refractivity (Wildman–Crippen MR) is 66.0 cm³/mol. The molecule has 2 heteroatoms. The minimum atomic E-state index is 0.223. The van der Waals surface area contributed by atoms with Gasteiger partial charge in [0.25, 0.3) is 0 Å². The van der Waals surface area contributed by atoms with Crippen molar-refractivity contribution in [3.05, 3.63) is 21.9 Å². The average Bonchev–Trinajstić information content (AvgIpc) is 2.74. The van der Waals surface area contributed by atoms with Crippen molar-refractivity contribution < 1.29 is 0 Å². The van der Waals surface area contributed by atoms with Gasteiger partial charge in [-0.1, -0.05) is 12.8 Å². The van der Waals surface area contributed by atoms with Crippen molar-refractivity contribution in [2.24, 2.45) is 0 Å². The topological polar surface area (TPSA) is 12.0 Å². The number of hydrogen-bond donors (Lipinski definition) is 1. The Bertz CT molecular complexity index is 361. The van der Waals surface area contributed by atoms with Gasteiger partial charge in [-0.25, -0.2) is 0 Å². The van der Waals surface area contributed by atoms with E-state index in [-0.39, 0.29) is 6.04 Å². The highest BCUT2D eigenvalue weighted by atomic mass is 32.1. The molecule has 1 aromatic rings. The van der Waals surface area contributed by atoms with Crippen LogP contribution < -0.4 is 5.32 Å². The molecule has 0 spiro atoms. The Labute approximate surface area is 95.9 Å². The molecule has 1 aromatic heterocycles. The summed E-state index contributed by atoms with van der Waals surface area (Å²) in [4.78, 5) is 1.55. The molecule has 1 nitrogen and oxygen atoms in total. The lowest BCUT2D eigenvalue weighted by Gasteiger charge is -2.26. The average molecular weight is 219 g/mol. The van der Waals surface area contributed by atoms with Crippen LogP contribution in [0.15, 0.2) is 11.4 Å². The minimum absolute atomic E-state index is 0.223. The third kappa shape index (κ3) is 2.25.